The topological polar surface area (TPSA) is 49.4 Å². The van der Waals surface area contributed by atoms with Crippen LogP contribution >= 0.6 is 58.5 Å². The summed E-state index contributed by atoms with van der Waals surface area (Å²) >= 11 is 19.7. The van der Waals surface area contributed by atoms with Crippen LogP contribution in [0.5, 0.6) is 0 Å². The van der Waals surface area contributed by atoms with E-state index in [2.05, 4.69) is 5.32 Å². The van der Waals surface area contributed by atoms with Crippen LogP contribution in [-0.4, -0.2) is 27.6 Å². The van der Waals surface area contributed by atoms with Crippen LogP contribution in [-0.2, 0) is 9.59 Å². The molecule has 1 fully saturated rings. The molecule has 9 heteroatoms. The number of thiocarbonyl (C=S) groups is 1. The number of rotatable bonds is 4. The zero-order valence-corrected chi connectivity index (χ0v) is 16.5. The van der Waals surface area contributed by atoms with Crippen LogP contribution in [0.4, 0.5) is 5.69 Å². The third-order valence-corrected chi connectivity index (χ3v) is 5.77. The third kappa shape index (κ3) is 4.62. The van der Waals surface area contributed by atoms with E-state index in [1.807, 2.05) is 17.5 Å². The Hall–Kier alpha value is -1.38. The fourth-order valence-corrected chi connectivity index (χ4v) is 4.61. The lowest BCUT2D eigenvalue weighted by Crippen LogP contribution is -2.36. The Morgan fingerprint density at radius 1 is 1.28 bits per heavy atom. The molecule has 0 saturated carbocycles. The van der Waals surface area contributed by atoms with Gasteiger partial charge in [-0.05, 0) is 35.7 Å². The van der Waals surface area contributed by atoms with E-state index in [4.69, 9.17) is 35.4 Å². The van der Waals surface area contributed by atoms with E-state index in [9.17, 15) is 9.59 Å². The molecule has 1 aliphatic rings. The first-order valence-electron chi connectivity index (χ1n) is 6.97. The van der Waals surface area contributed by atoms with Gasteiger partial charge in [-0.25, -0.2) is 0 Å². The average Bonchev–Trinajstić information content (AvgIpc) is 3.11. The molecule has 2 amide bonds. The van der Waals surface area contributed by atoms with E-state index < -0.39 is 0 Å². The molecule has 128 valence electrons. The number of thiophene rings is 1. The van der Waals surface area contributed by atoms with Crippen molar-refractivity contribution in [3.63, 3.8) is 0 Å². The monoisotopic (exact) mass is 428 g/mol. The van der Waals surface area contributed by atoms with E-state index in [1.54, 1.807) is 24.3 Å². The summed E-state index contributed by atoms with van der Waals surface area (Å²) in [7, 11) is 0. The van der Waals surface area contributed by atoms with Crippen molar-refractivity contribution in [2.24, 2.45) is 0 Å². The van der Waals surface area contributed by atoms with Crippen molar-refractivity contribution >= 4 is 86.4 Å². The van der Waals surface area contributed by atoms with Crippen LogP contribution < -0.4 is 5.32 Å². The van der Waals surface area contributed by atoms with Crippen molar-refractivity contribution in [1.82, 2.24) is 4.90 Å². The Bertz CT molecular complexity index is 861. The van der Waals surface area contributed by atoms with Gasteiger partial charge >= 0.3 is 0 Å². The van der Waals surface area contributed by atoms with Gasteiger partial charge in [0.15, 0.2) is 0 Å². The molecule has 0 unspecified atom stereocenters. The maximum atomic E-state index is 12.5. The molecule has 1 aliphatic heterocycles. The van der Waals surface area contributed by atoms with Crippen molar-refractivity contribution in [3.8, 4) is 0 Å². The number of anilines is 1. The molecule has 1 aromatic heterocycles. The van der Waals surface area contributed by atoms with Gasteiger partial charge in [0.1, 0.15) is 10.9 Å². The van der Waals surface area contributed by atoms with Crippen LogP contribution in [0.1, 0.15) is 4.88 Å². The van der Waals surface area contributed by atoms with Crippen molar-refractivity contribution in [1.29, 1.82) is 0 Å². The smallest absolute Gasteiger partial charge is 0.266 e. The quantitative estimate of drug-likeness (QED) is 0.555. The van der Waals surface area contributed by atoms with Crippen LogP contribution in [0.3, 0.4) is 0 Å². The molecule has 1 N–H and O–H groups in total. The number of benzene rings is 1. The summed E-state index contributed by atoms with van der Waals surface area (Å²) in [5.74, 6) is -0.658. The summed E-state index contributed by atoms with van der Waals surface area (Å²) in [4.78, 5) is 27.4. The average molecular weight is 429 g/mol. The number of hydrogen-bond acceptors (Lipinski definition) is 5. The Kier molecular flexibility index (Phi) is 5.81. The summed E-state index contributed by atoms with van der Waals surface area (Å²) in [6.07, 6.45) is 1.78. The minimum absolute atomic E-state index is 0.170. The fraction of sp³-hybridized carbons (Fsp3) is 0.0625. The molecule has 0 radical (unpaired) electrons. The molecule has 4 nitrogen and oxygen atoms in total. The number of nitrogens with one attached hydrogen (secondary N) is 1. The van der Waals surface area contributed by atoms with Gasteiger partial charge in [0.2, 0.25) is 5.91 Å². The lowest BCUT2D eigenvalue weighted by molar-refractivity contribution is -0.126. The van der Waals surface area contributed by atoms with Gasteiger partial charge in [-0.1, -0.05) is 53.2 Å². The molecule has 3 rings (SSSR count). The molecule has 0 bridgehead atoms. The Morgan fingerprint density at radius 3 is 2.64 bits per heavy atom. The second-order valence-electron chi connectivity index (χ2n) is 4.99. The Balaban J connectivity index is 1.68. The minimum Gasteiger partial charge on any atom is -0.324 e. The standard InChI is InChI=1S/C16H10Cl2N2O2S3/c17-9-4-10(18)6-11(5-9)19-14(21)8-20-15(22)13(25-16(20)23)7-12-2-1-3-24-12/h1-7H,8H2,(H,19,21). The van der Waals surface area contributed by atoms with Gasteiger partial charge in [0.05, 0.1) is 4.91 Å². The van der Waals surface area contributed by atoms with E-state index in [1.165, 1.54) is 28.0 Å². The molecule has 0 atom stereocenters. The van der Waals surface area contributed by atoms with Gasteiger partial charge in [-0.3, -0.25) is 14.5 Å². The maximum Gasteiger partial charge on any atom is 0.266 e. The lowest BCUT2D eigenvalue weighted by Gasteiger charge is -2.14. The summed E-state index contributed by atoms with van der Waals surface area (Å²) in [6, 6.07) is 8.53. The predicted molar refractivity (Wildman–Crippen MR) is 109 cm³/mol. The number of halogens is 2. The molecule has 2 aromatic rings. The Labute approximate surface area is 167 Å². The molecule has 0 aliphatic carbocycles. The molecular weight excluding hydrogens is 419 g/mol. The lowest BCUT2D eigenvalue weighted by atomic mass is 10.3. The molecule has 1 aromatic carbocycles. The van der Waals surface area contributed by atoms with Gasteiger partial charge in [-0.2, -0.15) is 0 Å². The highest BCUT2D eigenvalue weighted by atomic mass is 35.5. The van der Waals surface area contributed by atoms with Crippen LogP contribution in [0, 0.1) is 0 Å². The van der Waals surface area contributed by atoms with Crippen molar-refractivity contribution in [2.75, 3.05) is 11.9 Å². The number of nitrogens with zero attached hydrogens (tertiary/aromatic N) is 1. The van der Waals surface area contributed by atoms with Crippen molar-refractivity contribution < 1.29 is 9.59 Å². The fourth-order valence-electron chi connectivity index (χ4n) is 2.11. The van der Waals surface area contributed by atoms with Gasteiger partial charge in [0.25, 0.3) is 5.91 Å². The minimum atomic E-state index is -0.382. The number of carbonyl (C=O) groups is 2. The summed E-state index contributed by atoms with van der Waals surface area (Å²) in [5.41, 5.74) is 0.460. The maximum absolute atomic E-state index is 12.5. The van der Waals surface area contributed by atoms with Gasteiger partial charge in [-0.15, -0.1) is 11.3 Å². The number of carbonyl (C=O) groups excluding carboxylic acids is 2. The molecule has 1 saturated heterocycles. The first-order chi connectivity index (χ1) is 11.9. The molecule has 0 spiro atoms. The molecule has 2 heterocycles. The zero-order chi connectivity index (χ0) is 18.0. The van der Waals surface area contributed by atoms with Crippen LogP contribution in [0.15, 0.2) is 40.6 Å². The zero-order valence-electron chi connectivity index (χ0n) is 12.5. The van der Waals surface area contributed by atoms with Crippen molar-refractivity contribution in [2.45, 2.75) is 0 Å². The summed E-state index contributed by atoms with van der Waals surface area (Å²) < 4.78 is 0.354. The van der Waals surface area contributed by atoms with Crippen molar-refractivity contribution in [3.05, 3.63) is 55.5 Å². The third-order valence-electron chi connectivity index (χ3n) is 3.14. The summed E-state index contributed by atoms with van der Waals surface area (Å²) in [6.45, 7) is -0.170. The molecule has 25 heavy (non-hydrogen) atoms. The highest BCUT2D eigenvalue weighted by Gasteiger charge is 2.33. The second kappa shape index (κ2) is 7.88. The first-order valence-corrected chi connectivity index (χ1v) is 9.83. The Morgan fingerprint density at radius 2 is 2.00 bits per heavy atom. The number of hydrogen-bond donors (Lipinski definition) is 1. The number of amides is 2. The van der Waals surface area contributed by atoms with E-state index >= 15 is 0 Å². The number of thioether (sulfide) groups is 1. The highest BCUT2D eigenvalue weighted by molar-refractivity contribution is 8.26. The van der Waals surface area contributed by atoms with E-state index in [0.717, 1.165) is 4.88 Å². The SMILES string of the molecule is O=C(CN1C(=O)C(=Cc2cccs2)SC1=S)Nc1cc(Cl)cc(Cl)c1. The van der Waals surface area contributed by atoms with Crippen LogP contribution in [0.2, 0.25) is 10.0 Å². The normalized spacial score (nSPS) is 15.9. The predicted octanol–water partition coefficient (Wildman–Crippen LogP) is 4.89. The van der Waals surface area contributed by atoms with Gasteiger partial charge < -0.3 is 5.32 Å². The highest BCUT2D eigenvalue weighted by Crippen LogP contribution is 2.33. The molecular formula is C16H10Cl2N2O2S3. The largest absolute Gasteiger partial charge is 0.324 e. The summed E-state index contributed by atoms with van der Waals surface area (Å²) in [5, 5.41) is 5.41. The van der Waals surface area contributed by atoms with E-state index in [0.29, 0.717) is 25.0 Å². The van der Waals surface area contributed by atoms with Crippen LogP contribution in [0.25, 0.3) is 6.08 Å². The van der Waals surface area contributed by atoms with E-state index in [-0.39, 0.29) is 18.4 Å². The first kappa shape index (κ1) is 18.4. The van der Waals surface area contributed by atoms with Gasteiger partial charge in [0, 0.05) is 20.6 Å². The second-order valence-corrected chi connectivity index (χ2v) is 8.52.